The third-order valence-corrected chi connectivity index (χ3v) is 3.93. The van der Waals surface area contributed by atoms with Gasteiger partial charge in [-0.2, -0.15) is 11.8 Å². The van der Waals surface area contributed by atoms with Crippen LogP contribution in [-0.4, -0.2) is 23.5 Å². The van der Waals surface area contributed by atoms with Crippen molar-refractivity contribution in [2.75, 3.05) is 12.8 Å². The topological polar surface area (TPSA) is 55.1 Å². The molecule has 0 saturated heterocycles. The van der Waals surface area contributed by atoms with Crippen molar-refractivity contribution in [1.29, 1.82) is 0 Å². The molecule has 0 unspecified atom stereocenters. The van der Waals surface area contributed by atoms with E-state index in [1.165, 1.54) is 0 Å². The number of carbonyl (C=O) groups is 1. The van der Waals surface area contributed by atoms with Crippen molar-refractivity contribution in [1.82, 2.24) is 5.32 Å². The summed E-state index contributed by atoms with van der Waals surface area (Å²) in [5.74, 6) is -0.0318. The molecule has 1 aromatic rings. The zero-order valence-electron chi connectivity index (χ0n) is 11.0. The number of halogens is 1. The molecule has 102 valence electrons. The molecular weight excluding hydrogens is 268 g/mol. The first kappa shape index (κ1) is 17.3. The number of hydrogen-bond donors (Lipinski definition) is 2. The van der Waals surface area contributed by atoms with Crippen LogP contribution < -0.4 is 11.1 Å². The summed E-state index contributed by atoms with van der Waals surface area (Å²) in [6.07, 6.45) is 2.04. The van der Waals surface area contributed by atoms with Crippen molar-refractivity contribution in [2.24, 2.45) is 5.73 Å². The molecule has 0 radical (unpaired) electrons. The van der Waals surface area contributed by atoms with E-state index >= 15 is 0 Å². The highest BCUT2D eigenvalue weighted by molar-refractivity contribution is 7.99. The van der Waals surface area contributed by atoms with E-state index in [0.29, 0.717) is 18.7 Å². The molecular formula is C13H21ClN2OS. The van der Waals surface area contributed by atoms with Crippen LogP contribution >= 0.6 is 24.2 Å². The fraction of sp³-hybridized carbons (Fsp3) is 0.462. The summed E-state index contributed by atoms with van der Waals surface area (Å²) >= 11 is 1.74. The second-order valence-corrected chi connectivity index (χ2v) is 6.06. The third kappa shape index (κ3) is 5.29. The van der Waals surface area contributed by atoms with E-state index in [4.69, 9.17) is 5.73 Å². The van der Waals surface area contributed by atoms with Crippen LogP contribution in [0.1, 0.15) is 29.8 Å². The fourth-order valence-electron chi connectivity index (χ4n) is 1.26. The predicted octanol–water partition coefficient (Wildman–Crippen LogP) is 2.44. The molecule has 0 saturated carbocycles. The van der Waals surface area contributed by atoms with Crippen molar-refractivity contribution in [3.63, 3.8) is 0 Å². The highest BCUT2D eigenvalue weighted by atomic mass is 35.5. The lowest BCUT2D eigenvalue weighted by Crippen LogP contribution is -2.36. The Balaban J connectivity index is 0.00000289. The molecule has 1 aromatic carbocycles. The number of carbonyl (C=O) groups excluding carboxylic acids is 1. The predicted molar refractivity (Wildman–Crippen MR) is 81.5 cm³/mol. The quantitative estimate of drug-likeness (QED) is 0.875. The van der Waals surface area contributed by atoms with Crippen molar-refractivity contribution in [3.8, 4) is 0 Å². The van der Waals surface area contributed by atoms with Gasteiger partial charge in [-0.1, -0.05) is 12.1 Å². The molecule has 0 aromatic heterocycles. The first-order valence-electron chi connectivity index (χ1n) is 5.61. The van der Waals surface area contributed by atoms with Crippen LogP contribution in [0, 0.1) is 0 Å². The zero-order chi connectivity index (χ0) is 12.9. The van der Waals surface area contributed by atoms with Crippen LogP contribution in [0.2, 0.25) is 0 Å². The van der Waals surface area contributed by atoms with Gasteiger partial charge in [0, 0.05) is 23.4 Å². The molecule has 0 aliphatic rings. The molecule has 0 aliphatic carbocycles. The van der Waals surface area contributed by atoms with E-state index in [2.05, 4.69) is 19.2 Å². The fourth-order valence-corrected chi connectivity index (χ4v) is 1.48. The molecule has 0 aliphatic heterocycles. The number of thioether (sulfide) groups is 1. The number of benzene rings is 1. The van der Waals surface area contributed by atoms with Crippen molar-refractivity contribution < 1.29 is 4.79 Å². The first-order chi connectivity index (χ1) is 7.98. The Kier molecular flexibility index (Phi) is 7.36. The maximum Gasteiger partial charge on any atom is 0.251 e. The average molecular weight is 289 g/mol. The number of amides is 1. The number of nitrogens with two attached hydrogens (primary N) is 1. The van der Waals surface area contributed by atoms with Crippen molar-refractivity contribution >= 4 is 30.1 Å². The highest BCUT2D eigenvalue weighted by Crippen LogP contribution is 2.19. The molecule has 0 bridgehead atoms. The van der Waals surface area contributed by atoms with Crippen LogP contribution in [0.3, 0.4) is 0 Å². The third-order valence-electron chi connectivity index (χ3n) is 2.68. The zero-order valence-corrected chi connectivity index (χ0v) is 12.7. The summed E-state index contributed by atoms with van der Waals surface area (Å²) in [5.41, 5.74) is 7.22. The molecule has 0 heterocycles. The molecule has 5 heteroatoms. The number of hydrogen-bond acceptors (Lipinski definition) is 3. The summed E-state index contributed by atoms with van der Waals surface area (Å²) in [6, 6.07) is 7.39. The highest BCUT2D eigenvalue weighted by Gasteiger charge is 2.17. The minimum atomic E-state index is -0.0318. The summed E-state index contributed by atoms with van der Waals surface area (Å²) in [6.45, 7) is 5.37. The summed E-state index contributed by atoms with van der Waals surface area (Å²) in [4.78, 5) is 11.9. The van der Waals surface area contributed by atoms with E-state index in [1.807, 2.05) is 30.5 Å². The Morgan fingerprint density at radius 3 is 2.33 bits per heavy atom. The standard InChI is InChI=1S/C13H20N2OS.ClH/c1-13(2,17-3)9-15-12(16)11-6-4-10(8-14)5-7-11;/h4-7H,8-9,14H2,1-3H3,(H,15,16);1H. The van der Waals surface area contributed by atoms with Crippen LogP contribution in [0.25, 0.3) is 0 Å². The van der Waals surface area contributed by atoms with Crippen LogP contribution in [0.4, 0.5) is 0 Å². The first-order valence-corrected chi connectivity index (χ1v) is 6.83. The summed E-state index contributed by atoms with van der Waals surface area (Å²) in [7, 11) is 0. The molecule has 0 atom stereocenters. The Morgan fingerprint density at radius 1 is 1.33 bits per heavy atom. The van der Waals surface area contributed by atoms with Gasteiger partial charge in [0.2, 0.25) is 0 Å². The van der Waals surface area contributed by atoms with Crippen molar-refractivity contribution in [3.05, 3.63) is 35.4 Å². The smallest absolute Gasteiger partial charge is 0.251 e. The van der Waals surface area contributed by atoms with Gasteiger partial charge in [0.05, 0.1) is 0 Å². The minimum Gasteiger partial charge on any atom is -0.351 e. The Hall–Kier alpha value is -0.710. The Bertz CT molecular complexity index is 379. The number of nitrogens with one attached hydrogen (secondary N) is 1. The molecule has 1 rings (SSSR count). The molecule has 0 spiro atoms. The Morgan fingerprint density at radius 2 is 1.89 bits per heavy atom. The second-order valence-electron chi connectivity index (χ2n) is 4.55. The summed E-state index contributed by atoms with van der Waals surface area (Å²) in [5, 5.41) is 2.94. The van der Waals surface area contributed by atoms with Gasteiger partial charge in [-0.3, -0.25) is 4.79 Å². The normalized spacial score (nSPS) is 10.7. The summed E-state index contributed by atoms with van der Waals surface area (Å²) < 4.78 is 0.0624. The maximum absolute atomic E-state index is 11.9. The largest absolute Gasteiger partial charge is 0.351 e. The number of rotatable bonds is 5. The van der Waals surface area contributed by atoms with Crippen LogP contribution in [-0.2, 0) is 6.54 Å². The van der Waals surface area contributed by atoms with Crippen LogP contribution in [0.15, 0.2) is 24.3 Å². The van der Waals surface area contributed by atoms with Crippen molar-refractivity contribution in [2.45, 2.75) is 25.1 Å². The monoisotopic (exact) mass is 288 g/mol. The van der Waals surface area contributed by atoms with Gasteiger partial charge >= 0.3 is 0 Å². The molecule has 18 heavy (non-hydrogen) atoms. The maximum atomic E-state index is 11.9. The molecule has 0 fully saturated rings. The van der Waals surface area contributed by atoms with Gasteiger partial charge in [-0.25, -0.2) is 0 Å². The van der Waals surface area contributed by atoms with E-state index in [1.54, 1.807) is 11.8 Å². The van der Waals surface area contributed by atoms with E-state index in [-0.39, 0.29) is 23.1 Å². The molecule has 3 N–H and O–H groups in total. The lowest BCUT2D eigenvalue weighted by Gasteiger charge is -2.22. The van der Waals surface area contributed by atoms with Gasteiger partial charge in [0.25, 0.3) is 5.91 Å². The lowest BCUT2D eigenvalue weighted by atomic mass is 10.1. The van der Waals surface area contributed by atoms with Gasteiger partial charge in [0.1, 0.15) is 0 Å². The van der Waals surface area contributed by atoms with Gasteiger partial charge in [0.15, 0.2) is 0 Å². The van der Waals surface area contributed by atoms with E-state index in [0.717, 1.165) is 5.56 Å². The second kappa shape index (κ2) is 7.67. The van der Waals surface area contributed by atoms with E-state index < -0.39 is 0 Å². The van der Waals surface area contributed by atoms with E-state index in [9.17, 15) is 4.79 Å². The van der Waals surface area contributed by atoms with Gasteiger partial charge in [-0.15, -0.1) is 12.4 Å². The van der Waals surface area contributed by atoms with Crippen LogP contribution in [0.5, 0.6) is 0 Å². The Labute approximate surface area is 119 Å². The minimum absolute atomic E-state index is 0. The lowest BCUT2D eigenvalue weighted by molar-refractivity contribution is 0.0951. The SMILES string of the molecule is CSC(C)(C)CNC(=O)c1ccc(CN)cc1.Cl. The van der Waals surface area contributed by atoms with Gasteiger partial charge < -0.3 is 11.1 Å². The molecule has 1 amide bonds. The van der Waals surface area contributed by atoms with Gasteiger partial charge in [-0.05, 0) is 37.8 Å². The average Bonchev–Trinajstić information content (AvgIpc) is 2.36. The molecule has 3 nitrogen and oxygen atoms in total.